The van der Waals surface area contributed by atoms with Gasteiger partial charge in [0.05, 0.1) is 5.54 Å². The lowest BCUT2D eigenvalue weighted by molar-refractivity contribution is 0.185. The second-order valence-electron chi connectivity index (χ2n) is 4.82. The van der Waals surface area contributed by atoms with Crippen LogP contribution in [0.2, 0.25) is 0 Å². The summed E-state index contributed by atoms with van der Waals surface area (Å²) in [6.07, 6.45) is 1.95. The SMILES string of the molecule is CNC(C)(C)c1nc(CC2CCOC2)no1. The third kappa shape index (κ3) is 2.41. The van der Waals surface area contributed by atoms with E-state index in [1.165, 1.54) is 0 Å². The topological polar surface area (TPSA) is 60.2 Å². The summed E-state index contributed by atoms with van der Waals surface area (Å²) < 4.78 is 10.6. The Bertz CT molecular complexity index is 343. The van der Waals surface area contributed by atoms with Gasteiger partial charge in [-0.2, -0.15) is 4.98 Å². The van der Waals surface area contributed by atoms with E-state index in [1.54, 1.807) is 0 Å². The van der Waals surface area contributed by atoms with Gasteiger partial charge in [-0.25, -0.2) is 0 Å². The van der Waals surface area contributed by atoms with Crippen LogP contribution in [-0.2, 0) is 16.7 Å². The Labute approximate surface area is 95.6 Å². The molecule has 2 rings (SSSR count). The lowest BCUT2D eigenvalue weighted by Gasteiger charge is -2.17. The van der Waals surface area contributed by atoms with Crippen molar-refractivity contribution < 1.29 is 9.26 Å². The van der Waals surface area contributed by atoms with Gasteiger partial charge in [0, 0.05) is 19.6 Å². The van der Waals surface area contributed by atoms with E-state index < -0.39 is 0 Å². The molecule has 1 aromatic heterocycles. The maximum Gasteiger partial charge on any atom is 0.246 e. The van der Waals surface area contributed by atoms with Crippen molar-refractivity contribution in [3.05, 3.63) is 11.7 Å². The minimum Gasteiger partial charge on any atom is -0.381 e. The Morgan fingerprint density at radius 1 is 1.50 bits per heavy atom. The van der Waals surface area contributed by atoms with Crippen LogP contribution in [0.3, 0.4) is 0 Å². The Kier molecular flexibility index (Phi) is 3.25. The minimum atomic E-state index is -0.266. The van der Waals surface area contributed by atoms with E-state index in [0.29, 0.717) is 11.8 Å². The Balaban J connectivity index is 2.01. The van der Waals surface area contributed by atoms with Crippen molar-refractivity contribution in [1.29, 1.82) is 0 Å². The molecule has 1 saturated heterocycles. The van der Waals surface area contributed by atoms with Crippen molar-refractivity contribution in [2.45, 2.75) is 32.2 Å². The molecule has 5 nitrogen and oxygen atoms in total. The number of ether oxygens (including phenoxy) is 1. The average molecular weight is 225 g/mol. The van der Waals surface area contributed by atoms with Crippen LogP contribution in [0.4, 0.5) is 0 Å². The molecule has 1 aliphatic heterocycles. The van der Waals surface area contributed by atoms with Crippen LogP contribution in [0.5, 0.6) is 0 Å². The van der Waals surface area contributed by atoms with Crippen molar-refractivity contribution in [3.63, 3.8) is 0 Å². The van der Waals surface area contributed by atoms with E-state index in [-0.39, 0.29) is 5.54 Å². The van der Waals surface area contributed by atoms with E-state index in [4.69, 9.17) is 9.26 Å². The third-order valence-corrected chi connectivity index (χ3v) is 3.12. The molecular formula is C11H19N3O2. The van der Waals surface area contributed by atoms with Crippen LogP contribution in [0.15, 0.2) is 4.52 Å². The molecular weight excluding hydrogens is 206 g/mol. The van der Waals surface area contributed by atoms with Crippen molar-refractivity contribution in [3.8, 4) is 0 Å². The molecule has 0 bridgehead atoms. The quantitative estimate of drug-likeness (QED) is 0.831. The Morgan fingerprint density at radius 2 is 2.31 bits per heavy atom. The standard InChI is InChI=1S/C11H19N3O2/c1-11(2,12-3)10-13-9(14-16-10)6-8-4-5-15-7-8/h8,12H,4-7H2,1-3H3. The van der Waals surface area contributed by atoms with Gasteiger partial charge in [-0.05, 0) is 33.2 Å². The van der Waals surface area contributed by atoms with Crippen molar-refractivity contribution in [1.82, 2.24) is 15.5 Å². The van der Waals surface area contributed by atoms with Gasteiger partial charge in [0.1, 0.15) is 0 Å². The third-order valence-electron chi connectivity index (χ3n) is 3.12. The number of hydrogen-bond acceptors (Lipinski definition) is 5. The summed E-state index contributed by atoms with van der Waals surface area (Å²) in [5, 5.41) is 7.16. The molecule has 0 amide bonds. The van der Waals surface area contributed by atoms with E-state index in [1.807, 2.05) is 20.9 Å². The fraction of sp³-hybridized carbons (Fsp3) is 0.818. The zero-order chi connectivity index (χ0) is 11.6. The van der Waals surface area contributed by atoms with E-state index in [2.05, 4.69) is 15.5 Å². The van der Waals surface area contributed by atoms with Crippen LogP contribution in [0.1, 0.15) is 32.0 Å². The molecule has 90 valence electrons. The number of hydrogen-bond donors (Lipinski definition) is 1. The van der Waals surface area contributed by atoms with Crippen molar-refractivity contribution in [2.24, 2.45) is 5.92 Å². The van der Waals surface area contributed by atoms with Gasteiger partial charge >= 0.3 is 0 Å². The summed E-state index contributed by atoms with van der Waals surface area (Å²) >= 11 is 0. The summed E-state index contributed by atoms with van der Waals surface area (Å²) in [5.74, 6) is 1.97. The molecule has 2 heterocycles. The zero-order valence-electron chi connectivity index (χ0n) is 10.1. The lowest BCUT2D eigenvalue weighted by Crippen LogP contribution is -2.33. The molecule has 1 unspecified atom stereocenters. The molecule has 0 radical (unpaired) electrons. The summed E-state index contributed by atoms with van der Waals surface area (Å²) in [6, 6.07) is 0. The monoisotopic (exact) mass is 225 g/mol. The summed E-state index contributed by atoms with van der Waals surface area (Å²) in [6.45, 7) is 5.71. The molecule has 1 fully saturated rings. The molecule has 0 aromatic carbocycles. The summed E-state index contributed by atoms with van der Waals surface area (Å²) in [5.41, 5.74) is -0.266. The highest BCUT2D eigenvalue weighted by molar-refractivity contribution is 4.99. The van der Waals surface area contributed by atoms with Gasteiger partial charge in [0.2, 0.25) is 5.89 Å². The molecule has 1 N–H and O–H groups in total. The second-order valence-corrected chi connectivity index (χ2v) is 4.82. The highest BCUT2D eigenvalue weighted by Crippen LogP contribution is 2.20. The predicted octanol–water partition coefficient (Wildman–Crippen LogP) is 1.10. The molecule has 0 spiro atoms. The first-order valence-electron chi connectivity index (χ1n) is 5.71. The number of nitrogens with one attached hydrogen (secondary N) is 1. The number of aromatic nitrogens is 2. The van der Waals surface area contributed by atoms with Gasteiger partial charge in [0.15, 0.2) is 5.82 Å². The zero-order valence-corrected chi connectivity index (χ0v) is 10.1. The van der Waals surface area contributed by atoms with Gasteiger partial charge in [-0.3, -0.25) is 0 Å². The van der Waals surface area contributed by atoms with E-state index >= 15 is 0 Å². The molecule has 5 heteroatoms. The highest BCUT2D eigenvalue weighted by atomic mass is 16.5. The Morgan fingerprint density at radius 3 is 2.94 bits per heavy atom. The predicted molar refractivity (Wildman–Crippen MR) is 59.0 cm³/mol. The maximum atomic E-state index is 5.33. The van der Waals surface area contributed by atoms with Crippen molar-refractivity contribution in [2.75, 3.05) is 20.3 Å². The number of rotatable bonds is 4. The number of nitrogens with zero attached hydrogens (tertiary/aromatic N) is 2. The van der Waals surface area contributed by atoms with Crippen LogP contribution >= 0.6 is 0 Å². The normalized spacial score (nSPS) is 21.6. The van der Waals surface area contributed by atoms with Crippen LogP contribution < -0.4 is 5.32 Å². The molecule has 0 saturated carbocycles. The van der Waals surface area contributed by atoms with Crippen molar-refractivity contribution >= 4 is 0 Å². The van der Waals surface area contributed by atoms with Gasteiger partial charge < -0.3 is 14.6 Å². The maximum absolute atomic E-state index is 5.33. The minimum absolute atomic E-state index is 0.266. The second kappa shape index (κ2) is 4.51. The van der Waals surface area contributed by atoms with E-state index in [0.717, 1.165) is 31.9 Å². The van der Waals surface area contributed by atoms with Gasteiger partial charge in [-0.15, -0.1) is 0 Å². The molecule has 16 heavy (non-hydrogen) atoms. The first kappa shape index (κ1) is 11.5. The fourth-order valence-corrected chi connectivity index (χ4v) is 1.70. The van der Waals surface area contributed by atoms with Crippen LogP contribution in [0.25, 0.3) is 0 Å². The fourth-order valence-electron chi connectivity index (χ4n) is 1.70. The lowest BCUT2D eigenvalue weighted by atomic mass is 10.0. The molecule has 1 atom stereocenters. The highest BCUT2D eigenvalue weighted by Gasteiger charge is 2.26. The molecule has 1 aliphatic rings. The summed E-state index contributed by atoms with van der Waals surface area (Å²) in [7, 11) is 1.88. The van der Waals surface area contributed by atoms with Crippen LogP contribution in [0, 0.1) is 5.92 Å². The first-order valence-corrected chi connectivity index (χ1v) is 5.71. The average Bonchev–Trinajstić information content (AvgIpc) is 2.89. The van der Waals surface area contributed by atoms with Crippen LogP contribution in [-0.4, -0.2) is 30.4 Å². The Hall–Kier alpha value is -0.940. The first-order chi connectivity index (χ1) is 7.62. The largest absolute Gasteiger partial charge is 0.381 e. The summed E-state index contributed by atoms with van der Waals surface area (Å²) in [4.78, 5) is 4.42. The molecule has 0 aliphatic carbocycles. The van der Waals surface area contributed by atoms with Gasteiger partial charge in [0.25, 0.3) is 0 Å². The van der Waals surface area contributed by atoms with Gasteiger partial charge in [-0.1, -0.05) is 5.16 Å². The molecule has 1 aromatic rings. The smallest absolute Gasteiger partial charge is 0.246 e. The van der Waals surface area contributed by atoms with E-state index in [9.17, 15) is 0 Å².